The standard InChI is InChI=1S/C30H38O4.C22H26O2.C20H20O4/c1-3-5-7-9-11-21-27(31)33-29-23-17-13-15-19-25(23)30(26-20-16-14-18-24(26)29)34-28(32)22-12-10-8-6-4-2;1-3-5-15-23-21-17-11-7-9-13-19(17)22(24-16-6-4-2)20-14-10-8-12-18(20)21;1-4-14-9-10-17-18(11-14)20(24-13(3)22)16-8-6-5-7-15(16)19(17)23-12(2)21/h13-20H,3-12,21-22H2,1-2H3;7-14H,3-6,15-16H2,1-2H3;5-11,15-16H,4H2,1-3H3. The van der Waals surface area contributed by atoms with Crippen molar-refractivity contribution in [3.8, 4) is 23.0 Å². The number of ether oxygens (including phenoxy) is 6. The predicted molar refractivity (Wildman–Crippen MR) is 332 cm³/mol. The lowest BCUT2D eigenvalue weighted by atomic mass is 9.80. The Labute approximate surface area is 485 Å². The number of benzene rings is 7. The number of allylic oxidation sites excluding steroid dienone is 2. The van der Waals surface area contributed by atoms with Gasteiger partial charge in [0.25, 0.3) is 0 Å². The molecule has 82 heavy (non-hydrogen) atoms. The van der Waals surface area contributed by atoms with Crippen molar-refractivity contribution < 1.29 is 47.6 Å². The molecule has 0 amide bonds. The average molecular weight is 1110 g/mol. The van der Waals surface area contributed by atoms with Gasteiger partial charge >= 0.3 is 23.9 Å². The Balaban J connectivity index is 0.000000181. The largest absolute Gasteiger partial charge is 0.492 e. The Morgan fingerprint density at radius 1 is 0.378 bits per heavy atom. The zero-order valence-electron chi connectivity index (χ0n) is 49.5. The van der Waals surface area contributed by atoms with Gasteiger partial charge in [0, 0.05) is 92.1 Å². The highest BCUT2D eigenvalue weighted by Gasteiger charge is 2.34. The number of hydrogen-bond donors (Lipinski definition) is 0. The van der Waals surface area contributed by atoms with E-state index in [2.05, 4.69) is 83.1 Å². The van der Waals surface area contributed by atoms with E-state index in [4.69, 9.17) is 28.4 Å². The SMILES string of the molecule is CCCCCCCC(=O)Oc1c2ccccc2c(OC(=O)CCCCCCC)c2ccccc12.CCCCOc1c2ccccc2c(OCCCC)c2ccccc12.CCc1ccc2c(c1)=C(OC(C)=O)C1C=CC=CC1C=2OC(C)=O. The summed E-state index contributed by atoms with van der Waals surface area (Å²) in [6.45, 7) is 15.1. The number of hydrogen-bond acceptors (Lipinski definition) is 10. The van der Waals surface area contributed by atoms with Crippen molar-refractivity contribution in [2.45, 2.75) is 158 Å². The second-order valence-corrected chi connectivity index (χ2v) is 21.2. The Morgan fingerprint density at radius 3 is 1.06 bits per heavy atom. The lowest BCUT2D eigenvalue weighted by Crippen LogP contribution is -2.42. The summed E-state index contributed by atoms with van der Waals surface area (Å²) in [7, 11) is 0. The molecular formula is C72H84O10. The zero-order valence-corrected chi connectivity index (χ0v) is 49.5. The first kappa shape index (κ1) is 61.9. The number of carbonyl (C=O) groups is 4. The molecule has 7 aromatic rings. The molecule has 0 aromatic heterocycles. The number of rotatable bonds is 25. The third-order valence-corrected chi connectivity index (χ3v) is 14.8. The third kappa shape index (κ3) is 16.3. The van der Waals surface area contributed by atoms with Crippen LogP contribution in [0.4, 0.5) is 0 Å². The predicted octanol–water partition coefficient (Wildman–Crippen LogP) is 16.8. The van der Waals surface area contributed by atoms with Gasteiger partial charge < -0.3 is 28.4 Å². The zero-order chi connectivity index (χ0) is 58.2. The van der Waals surface area contributed by atoms with E-state index in [1.807, 2.05) is 91.0 Å². The van der Waals surface area contributed by atoms with E-state index in [0.29, 0.717) is 35.9 Å². The van der Waals surface area contributed by atoms with Crippen LogP contribution in [0.2, 0.25) is 0 Å². The lowest BCUT2D eigenvalue weighted by molar-refractivity contribution is -0.136. The van der Waals surface area contributed by atoms with Crippen LogP contribution >= 0.6 is 0 Å². The average Bonchev–Trinajstić information content (AvgIpc) is 2.64. The van der Waals surface area contributed by atoms with Gasteiger partial charge in [-0.25, -0.2) is 0 Å². The number of carbonyl (C=O) groups excluding carboxylic acids is 4. The van der Waals surface area contributed by atoms with E-state index >= 15 is 0 Å². The summed E-state index contributed by atoms with van der Waals surface area (Å²) < 4.78 is 35.4. The number of fused-ring (bicyclic) bond motifs is 6. The molecule has 7 aromatic carbocycles. The quantitative estimate of drug-likeness (QED) is 0.0236. The van der Waals surface area contributed by atoms with Crippen molar-refractivity contribution in [2.24, 2.45) is 11.8 Å². The molecule has 0 bridgehead atoms. The molecule has 9 rings (SSSR count). The molecule has 0 aliphatic heterocycles. The van der Waals surface area contributed by atoms with Gasteiger partial charge in [-0.05, 0) is 43.7 Å². The van der Waals surface area contributed by atoms with E-state index < -0.39 is 0 Å². The Hall–Kier alpha value is -7.72. The number of esters is 4. The molecule has 0 heterocycles. The number of aryl methyl sites for hydroxylation is 1. The van der Waals surface area contributed by atoms with Crippen LogP contribution in [0.25, 0.3) is 54.6 Å². The second-order valence-electron chi connectivity index (χ2n) is 21.2. The summed E-state index contributed by atoms with van der Waals surface area (Å²) in [6.07, 6.45) is 24.7. The summed E-state index contributed by atoms with van der Waals surface area (Å²) in [5.74, 6) is 2.83. The maximum Gasteiger partial charge on any atom is 0.311 e. The molecular weight excluding hydrogens is 1020 g/mol. The Morgan fingerprint density at radius 2 is 0.720 bits per heavy atom. The van der Waals surface area contributed by atoms with Gasteiger partial charge in [-0.15, -0.1) is 0 Å². The van der Waals surface area contributed by atoms with Crippen molar-refractivity contribution in [3.05, 3.63) is 156 Å². The minimum absolute atomic E-state index is 0.159. The fourth-order valence-electron chi connectivity index (χ4n) is 10.6. The summed E-state index contributed by atoms with van der Waals surface area (Å²) in [4.78, 5) is 48.6. The van der Waals surface area contributed by atoms with Crippen LogP contribution in [0.3, 0.4) is 0 Å². The molecule has 10 nitrogen and oxygen atoms in total. The topological polar surface area (TPSA) is 124 Å². The minimum atomic E-state index is -0.354. The van der Waals surface area contributed by atoms with Crippen molar-refractivity contribution >= 4 is 78.5 Å². The number of unbranched alkanes of at least 4 members (excludes halogenated alkanes) is 10. The molecule has 0 radical (unpaired) electrons. The smallest absolute Gasteiger partial charge is 0.311 e. The highest BCUT2D eigenvalue weighted by Crippen LogP contribution is 2.45. The van der Waals surface area contributed by atoms with Crippen LogP contribution in [0.1, 0.15) is 157 Å². The minimum Gasteiger partial charge on any atom is -0.492 e. The van der Waals surface area contributed by atoms with E-state index in [0.717, 1.165) is 154 Å². The normalized spacial score (nSPS) is 14.0. The van der Waals surface area contributed by atoms with Crippen LogP contribution in [0, 0.1) is 11.8 Å². The van der Waals surface area contributed by atoms with E-state index in [9.17, 15) is 19.2 Å². The maximum atomic E-state index is 12.7. The molecule has 0 fully saturated rings. The molecule has 2 aliphatic rings. The molecule has 0 saturated heterocycles. The first-order chi connectivity index (χ1) is 40.0. The third-order valence-electron chi connectivity index (χ3n) is 14.8. The van der Waals surface area contributed by atoms with Crippen molar-refractivity contribution in [3.63, 3.8) is 0 Å². The molecule has 10 heteroatoms. The molecule has 432 valence electrons. The molecule has 2 unspecified atom stereocenters. The van der Waals surface area contributed by atoms with E-state index in [1.165, 1.54) is 39.5 Å². The first-order valence-electron chi connectivity index (χ1n) is 30.2. The van der Waals surface area contributed by atoms with Crippen molar-refractivity contribution in [2.75, 3.05) is 13.2 Å². The Kier molecular flexibility index (Phi) is 24.2. The van der Waals surface area contributed by atoms with Crippen LogP contribution < -0.4 is 29.4 Å². The molecule has 0 N–H and O–H groups in total. The summed E-state index contributed by atoms with van der Waals surface area (Å²) in [5.41, 5.74) is 1.13. The highest BCUT2D eigenvalue weighted by atomic mass is 16.6. The van der Waals surface area contributed by atoms with Gasteiger partial charge in [-0.3, -0.25) is 19.2 Å². The van der Waals surface area contributed by atoms with Crippen molar-refractivity contribution in [1.82, 2.24) is 0 Å². The van der Waals surface area contributed by atoms with Crippen LogP contribution in [0.5, 0.6) is 23.0 Å². The molecule has 0 spiro atoms. The summed E-state index contributed by atoms with van der Waals surface area (Å²) >= 11 is 0. The van der Waals surface area contributed by atoms with Crippen LogP contribution in [-0.2, 0) is 35.1 Å². The van der Waals surface area contributed by atoms with E-state index in [1.54, 1.807) is 0 Å². The second kappa shape index (κ2) is 32.1. The summed E-state index contributed by atoms with van der Waals surface area (Å²) in [6, 6.07) is 38.1. The fraction of sp³-hybridized carbons (Fsp3) is 0.389. The molecule has 2 atom stereocenters. The van der Waals surface area contributed by atoms with Crippen LogP contribution in [-0.4, -0.2) is 37.1 Å². The van der Waals surface area contributed by atoms with Gasteiger partial charge in [0.2, 0.25) is 0 Å². The Bertz CT molecular complexity index is 3230. The maximum absolute atomic E-state index is 12.7. The van der Waals surface area contributed by atoms with Crippen molar-refractivity contribution in [1.29, 1.82) is 0 Å². The lowest BCUT2D eigenvalue weighted by Gasteiger charge is -2.30. The molecule has 2 aliphatic carbocycles. The van der Waals surface area contributed by atoms with Gasteiger partial charge in [-0.2, -0.15) is 0 Å². The highest BCUT2D eigenvalue weighted by molar-refractivity contribution is 6.13. The van der Waals surface area contributed by atoms with Crippen LogP contribution in [0.15, 0.2) is 140 Å². The van der Waals surface area contributed by atoms with E-state index in [-0.39, 0.29) is 35.7 Å². The first-order valence-corrected chi connectivity index (χ1v) is 30.2. The van der Waals surface area contributed by atoms with Gasteiger partial charge in [0.1, 0.15) is 34.5 Å². The van der Waals surface area contributed by atoms with Gasteiger partial charge in [0.05, 0.1) is 13.2 Å². The van der Waals surface area contributed by atoms with Gasteiger partial charge in [0.15, 0.2) is 0 Å². The monoisotopic (exact) mass is 1110 g/mol. The fourth-order valence-corrected chi connectivity index (χ4v) is 10.6. The van der Waals surface area contributed by atoms with Gasteiger partial charge in [-0.1, -0.05) is 232 Å². The molecule has 0 saturated carbocycles. The summed E-state index contributed by atoms with van der Waals surface area (Å²) in [5, 5.41) is 9.31.